The maximum atomic E-state index is 9.59. The van der Waals surface area contributed by atoms with Crippen LogP contribution in [0.3, 0.4) is 0 Å². The Hall–Kier alpha value is -1.52. The van der Waals surface area contributed by atoms with E-state index in [0.29, 0.717) is 25.6 Å². The van der Waals surface area contributed by atoms with Gasteiger partial charge in [0.2, 0.25) is 0 Å². The van der Waals surface area contributed by atoms with E-state index in [1.54, 1.807) is 6.07 Å². The first-order chi connectivity index (χ1) is 9.13. The standard InChI is InChI=1S/C15H23NO3/c1-4-19-15-9-13(5-6-14(15)17)10-16-7-8-18-11-12(2)3/h5-6,9,16-17H,2,4,7-8,10-11H2,1,3H3. The summed E-state index contributed by atoms with van der Waals surface area (Å²) in [6, 6.07) is 5.37. The Kier molecular flexibility index (Phi) is 7.00. The molecule has 0 unspecified atom stereocenters. The minimum atomic E-state index is 0.176. The van der Waals surface area contributed by atoms with Crippen LogP contribution in [-0.4, -0.2) is 31.5 Å². The summed E-state index contributed by atoms with van der Waals surface area (Å²) < 4.78 is 10.7. The summed E-state index contributed by atoms with van der Waals surface area (Å²) in [4.78, 5) is 0. The van der Waals surface area contributed by atoms with Crippen molar-refractivity contribution in [1.29, 1.82) is 0 Å². The normalized spacial score (nSPS) is 10.4. The summed E-state index contributed by atoms with van der Waals surface area (Å²) in [7, 11) is 0. The van der Waals surface area contributed by atoms with Crippen LogP contribution in [0, 0.1) is 0 Å². The molecule has 0 aliphatic carbocycles. The van der Waals surface area contributed by atoms with E-state index < -0.39 is 0 Å². The van der Waals surface area contributed by atoms with Crippen LogP contribution in [0.25, 0.3) is 0 Å². The topological polar surface area (TPSA) is 50.7 Å². The number of aromatic hydroxyl groups is 1. The zero-order valence-corrected chi connectivity index (χ0v) is 11.7. The van der Waals surface area contributed by atoms with Crippen LogP contribution in [0.1, 0.15) is 19.4 Å². The molecule has 0 amide bonds. The number of benzene rings is 1. The highest BCUT2D eigenvalue weighted by Gasteiger charge is 2.03. The largest absolute Gasteiger partial charge is 0.504 e. The van der Waals surface area contributed by atoms with Crippen molar-refractivity contribution in [2.24, 2.45) is 0 Å². The van der Waals surface area contributed by atoms with Gasteiger partial charge in [-0.05, 0) is 31.5 Å². The Labute approximate surface area is 115 Å². The first-order valence-corrected chi connectivity index (χ1v) is 6.51. The zero-order chi connectivity index (χ0) is 14.1. The lowest BCUT2D eigenvalue weighted by atomic mass is 10.2. The van der Waals surface area contributed by atoms with E-state index in [1.807, 2.05) is 26.0 Å². The molecule has 19 heavy (non-hydrogen) atoms. The highest BCUT2D eigenvalue weighted by molar-refractivity contribution is 5.41. The summed E-state index contributed by atoms with van der Waals surface area (Å²) in [5, 5.41) is 12.9. The van der Waals surface area contributed by atoms with Gasteiger partial charge in [-0.25, -0.2) is 0 Å². The third kappa shape index (κ3) is 6.27. The molecule has 1 rings (SSSR count). The monoisotopic (exact) mass is 265 g/mol. The quantitative estimate of drug-likeness (QED) is 0.532. The van der Waals surface area contributed by atoms with Gasteiger partial charge in [0.1, 0.15) is 0 Å². The molecule has 106 valence electrons. The van der Waals surface area contributed by atoms with Gasteiger partial charge >= 0.3 is 0 Å². The van der Waals surface area contributed by atoms with Gasteiger partial charge in [0.05, 0.1) is 19.8 Å². The summed E-state index contributed by atoms with van der Waals surface area (Å²) in [6.07, 6.45) is 0. The van der Waals surface area contributed by atoms with E-state index in [1.165, 1.54) is 0 Å². The molecule has 4 heteroatoms. The number of ether oxygens (including phenoxy) is 2. The second-order valence-corrected chi connectivity index (χ2v) is 4.42. The molecular weight excluding hydrogens is 242 g/mol. The molecule has 0 spiro atoms. The Morgan fingerprint density at radius 3 is 2.89 bits per heavy atom. The Balaban J connectivity index is 2.29. The molecule has 0 saturated carbocycles. The van der Waals surface area contributed by atoms with Gasteiger partial charge in [0.25, 0.3) is 0 Å². The van der Waals surface area contributed by atoms with Crippen LogP contribution in [0.5, 0.6) is 11.5 Å². The van der Waals surface area contributed by atoms with Gasteiger partial charge in [-0.15, -0.1) is 0 Å². The Morgan fingerprint density at radius 1 is 1.42 bits per heavy atom. The molecule has 4 nitrogen and oxygen atoms in total. The highest BCUT2D eigenvalue weighted by atomic mass is 16.5. The molecule has 1 aromatic carbocycles. The molecule has 0 aliphatic heterocycles. The lowest BCUT2D eigenvalue weighted by Gasteiger charge is -2.09. The van der Waals surface area contributed by atoms with Crippen molar-refractivity contribution in [3.8, 4) is 11.5 Å². The molecule has 0 fully saturated rings. The fourth-order valence-electron chi connectivity index (χ4n) is 1.56. The number of hydrogen-bond donors (Lipinski definition) is 2. The second kappa shape index (κ2) is 8.56. The number of phenols is 1. The molecule has 0 aliphatic rings. The van der Waals surface area contributed by atoms with Gasteiger partial charge in [0.15, 0.2) is 11.5 Å². The van der Waals surface area contributed by atoms with Crippen LogP contribution in [0.15, 0.2) is 30.4 Å². The fraction of sp³-hybridized carbons (Fsp3) is 0.467. The first-order valence-electron chi connectivity index (χ1n) is 6.51. The third-order valence-corrected chi connectivity index (χ3v) is 2.42. The van der Waals surface area contributed by atoms with Crippen molar-refractivity contribution in [3.05, 3.63) is 35.9 Å². The number of hydrogen-bond acceptors (Lipinski definition) is 4. The number of phenolic OH excluding ortho intramolecular Hbond substituents is 1. The second-order valence-electron chi connectivity index (χ2n) is 4.42. The maximum absolute atomic E-state index is 9.59. The molecule has 2 N–H and O–H groups in total. The zero-order valence-electron chi connectivity index (χ0n) is 11.7. The van der Waals surface area contributed by atoms with Crippen LogP contribution < -0.4 is 10.1 Å². The van der Waals surface area contributed by atoms with Crippen molar-refractivity contribution in [3.63, 3.8) is 0 Å². The molecule has 0 aromatic heterocycles. The van der Waals surface area contributed by atoms with E-state index in [9.17, 15) is 5.11 Å². The fourth-order valence-corrected chi connectivity index (χ4v) is 1.56. The summed E-state index contributed by atoms with van der Waals surface area (Å²) in [5.74, 6) is 0.704. The summed E-state index contributed by atoms with van der Waals surface area (Å²) >= 11 is 0. The van der Waals surface area contributed by atoms with Gasteiger partial charge < -0.3 is 19.9 Å². The van der Waals surface area contributed by atoms with Gasteiger partial charge in [0, 0.05) is 13.1 Å². The van der Waals surface area contributed by atoms with Crippen molar-refractivity contribution in [2.75, 3.05) is 26.4 Å². The van der Waals surface area contributed by atoms with Crippen molar-refractivity contribution in [2.45, 2.75) is 20.4 Å². The molecule has 0 heterocycles. The third-order valence-electron chi connectivity index (χ3n) is 2.42. The van der Waals surface area contributed by atoms with Gasteiger partial charge in [-0.3, -0.25) is 0 Å². The smallest absolute Gasteiger partial charge is 0.161 e. The van der Waals surface area contributed by atoms with Crippen LogP contribution in [-0.2, 0) is 11.3 Å². The minimum Gasteiger partial charge on any atom is -0.504 e. The predicted molar refractivity (Wildman–Crippen MR) is 76.6 cm³/mol. The summed E-state index contributed by atoms with van der Waals surface area (Å²) in [5.41, 5.74) is 2.10. The van der Waals surface area contributed by atoms with Crippen LogP contribution in [0.4, 0.5) is 0 Å². The van der Waals surface area contributed by atoms with Crippen LogP contribution >= 0.6 is 0 Å². The molecule has 0 saturated heterocycles. The maximum Gasteiger partial charge on any atom is 0.161 e. The average molecular weight is 265 g/mol. The minimum absolute atomic E-state index is 0.176. The molecule has 0 atom stereocenters. The number of rotatable bonds is 9. The van der Waals surface area contributed by atoms with Gasteiger partial charge in [-0.1, -0.05) is 18.2 Å². The van der Waals surface area contributed by atoms with Crippen molar-refractivity contribution < 1.29 is 14.6 Å². The Morgan fingerprint density at radius 2 is 2.21 bits per heavy atom. The molecule has 1 aromatic rings. The molecule has 0 bridgehead atoms. The van der Waals surface area contributed by atoms with Gasteiger partial charge in [-0.2, -0.15) is 0 Å². The van der Waals surface area contributed by atoms with Crippen LogP contribution in [0.2, 0.25) is 0 Å². The highest BCUT2D eigenvalue weighted by Crippen LogP contribution is 2.26. The first kappa shape index (κ1) is 15.5. The van der Waals surface area contributed by atoms with Crippen molar-refractivity contribution in [1.82, 2.24) is 5.32 Å². The molecular formula is C15H23NO3. The Bertz CT molecular complexity index is 404. The average Bonchev–Trinajstić information content (AvgIpc) is 2.37. The predicted octanol–water partition coefficient (Wildman–Crippen LogP) is 2.47. The SMILES string of the molecule is C=C(C)COCCNCc1ccc(O)c(OCC)c1. The van der Waals surface area contributed by atoms with E-state index in [4.69, 9.17) is 9.47 Å². The molecule has 0 radical (unpaired) electrons. The lowest BCUT2D eigenvalue weighted by molar-refractivity contribution is 0.157. The number of nitrogens with one attached hydrogen (secondary N) is 1. The summed E-state index contributed by atoms with van der Waals surface area (Å²) in [6.45, 7) is 10.9. The van der Waals surface area contributed by atoms with E-state index in [-0.39, 0.29) is 5.75 Å². The van der Waals surface area contributed by atoms with E-state index in [2.05, 4.69) is 11.9 Å². The lowest BCUT2D eigenvalue weighted by Crippen LogP contribution is -2.19. The van der Waals surface area contributed by atoms with Crippen molar-refractivity contribution >= 4 is 0 Å². The van der Waals surface area contributed by atoms with E-state index in [0.717, 1.165) is 24.2 Å². The van der Waals surface area contributed by atoms with E-state index >= 15 is 0 Å².